The molecule has 1 heterocycles. The Morgan fingerprint density at radius 3 is 2.15 bits per heavy atom. The van der Waals surface area contributed by atoms with Gasteiger partial charge < -0.3 is 4.42 Å². The fourth-order valence-corrected chi connectivity index (χ4v) is 6.39. The minimum absolute atomic E-state index is 0.0953. The summed E-state index contributed by atoms with van der Waals surface area (Å²) in [5.74, 6) is 1.12. The first kappa shape index (κ1) is 29.0. The standard InChI is InChI=1S/C38H46N2O/c1-9-10-11-12-13-14-15-27(4)38(8)32-23-25(2)16-21-30(32)34-31(22-26(3)24-33(34)38)36-40-39-35(41-36)28-17-19-29(20-18-28)37(5,6)7/h16-24H,4,9-15H2,1-3,5-8H3. The lowest BCUT2D eigenvalue weighted by Gasteiger charge is -2.31. The molecule has 0 radical (unpaired) electrons. The molecule has 0 spiro atoms. The average Bonchev–Trinajstić information content (AvgIpc) is 3.52. The Kier molecular flexibility index (Phi) is 8.10. The third-order valence-electron chi connectivity index (χ3n) is 9.00. The van der Waals surface area contributed by atoms with Crippen LogP contribution >= 0.6 is 0 Å². The van der Waals surface area contributed by atoms with Crippen molar-refractivity contribution >= 4 is 0 Å². The van der Waals surface area contributed by atoms with Gasteiger partial charge in [-0.25, -0.2) is 0 Å². The molecule has 41 heavy (non-hydrogen) atoms. The quantitative estimate of drug-likeness (QED) is 0.147. The molecule has 3 aromatic carbocycles. The van der Waals surface area contributed by atoms with Crippen molar-refractivity contribution in [3.63, 3.8) is 0 Å². The molecule has 0 N–H and O–H groups in total. The predicted octanol–water partition coefficient (Wildman–Crippen LogP) is 10.9. The number of fused-ring (bicyclic) bond motifs is 3. The zero-order valence-electron chi connectivity index (χ0n) is 26.2. The molecule has 1 aromatic heterocycles. The summed E-state index contributed by atoms with van der Waals surface area (Å²) in [4.78, 5) is 0. The van der Waals surface area contributed by atoms with Crippen molar-refractivity contribution in [2.24, 2.45) is 0 Å². The van der Waals surface area contributed by atoms with Crippen LogP contribution < -0.4 is 0 Å². The van der Waals surface area contributed by atoms with Crippen LogP contribution in [0, 0.1) is 13.8 Å². The summed E-state index contributed by atoms with van der Waals surface area (Å²) in [7, 11) is 0. The first-order valence-electron chi connectivity index (χ1n) is 15.4. The van der Waals surface area contributed by atoms with E-state index in [0.29, 0.717) is 11.8 Å². The number of aromatic nitrogens is 2. The van der Waals surface area contributed by atoms with Crippen LogP contribution in [0.15, 0.2) is 71.2 Å². The highest BCUT2D eigenvalue weighted by Crippen LogP contribution is 2.56. The molecule has 0 amide bonds. The van der Waals surface area contributed by atoms with E-state index in [-0.39, 0.29) is 10.8 Å². The molecule has 4 aromatic rings. The van der Waals surface area contributed by atoms with Crippen LogP contribution in [-0.4, -0.2) is 10.2 Å². The molecular formula is C38H46N2O. The zero-order valence-corrected chi connectivity index (χ0v) is 26.2. The van der Waals surface area contributed by atoms with Crippen LogP contribution in [0.5, 0.6) is 0 Å². The molecule has 0 saturated heterocycles. The van der Waals surface area contributed by atoms with E-state index >= 15 is 0 Å². The summed E-state index contributed by atoms with van der Waals surface area (Å²) in [6.45, 7) is 20.4. The van der Waals surface area contributed by atoms with Gasteiger partial charge in [0.05, 0.1) is 0 Å². The number of hydrogen-bond acceptors (Lipinski definition) is 3. The summed E-state index contributed by atoms with van der Waals surface area (Å²) in [5.41, 5.74) is 11.9. The first-order valence-corrected chi connectivity index (χ1v) is 15.4. The molecule has 0 saturated carbocycles. The molecule has 1 aliphatic rings. The lowest BCUT2D eigenvalue weighted by atomic mass is 9.72. The summed E-state index contributed by atoms with van der Waals surface area (Å²) in [6, 6.07) is 19.9. The van der Waals surface area contributed by atoms with Gasteiger partial charge in [0, 0.05) is 16.5 Å². The van der Waals surface area contributed by atoms with E-state index in [4.69, 9.17) is 11.0 Å². The molecule has 1 atom stereocenters. The Labute approximate surface area is 247 Å². The normalized spacial score (nSPS) is 16.1. The average molecular weight is 547 g/mol. The van der Waals surface area contributed by atoms with E-state index in [9.17, 15) is 0 Å². The zero-order chi connectivity index (χ0) is 29.4. The topological polar surface area (TPSA) is 38.9 Å². The molecular weight excluding hydrogens is 500 g/mol. The van der Waals surface area contributed by atoms with Gasteiger partial charge in [-0.05, 0) is 90.6 Å². The largest absolute Gasteiger partial charge is 0.416 e. The van der Waals surface area contributed by atoms with Gasteiger partial charge in [-0.2, -0.15) is 0 Å². The van der Waals surface area contributed by atoms with Crippen LogP contribution in [0.1, 0.15) is 107 Å². The molecule has 3 heteroatoms. The second-order valence-corrected chi connectivity index (χ2v) is 13.3. The van der Waals surface area contributed by atoms with Crippen molar-refractivity contribution in [3.05, 3.63) is 94.6 Å². The van der Waals surface area contributed by atoms with Crippen LogP contribution in [-0.2, 0) is 10.8 Å². The van der Waals surface area contributed by atoms with Crippen molar-refractivity contribution in [1.82, 2.24) is 10.2 Å². The Bertz CT molecular complexity index is 1550. The maximum absolute atomic E-state index is 6.40. The van der Waals surface area contributed by atoms with Crippen LogP contribution in [0.3, 0.4) is 0 Å². The summed E-state index contributed by atoms with van der Waals surface area (Å²) >= 11 is 0. The van der Waals surface area contributed by atoms with Crippen LogP contribution in [0.4, 0.5) is 0 Å². The number of aryl methyl sites for hydroxylation is 2. The summed E-state index contributed by atoms with van der Waals surface area (Å²) in [5, 5.41) is 9.07. The van der Waals surface area contributed by atoms with Crippen LogP contribution in [0.2, 0.25) is 0 Å². The van der Waals surface area contributed by atoms with Gasteiger partial charge in [-0.15, -0.1) is 10.2 Å². The smallest absolute Gasteiger partial charge is 0.248 e. The van der Waals surface area contributed by atoms with E-state index in [1.807, 2.05) is 0 Å². The number of nitrogens with zero attached hydrogens (tertiary/aromatic N) is 2. The van der Waals surface area contributed by atoms with Gasteiger partial charge in [0.2, 0.25) is 11.8 Å². The lowest BCUT2D eigenvalue weighted by Crippen LogP contribution is -2.23. The second-order valence-electron chi connectivity index (χ2n) is 13.3. The second kappa shape index (κ2) is 11.4. The highest BCUT2D eigenvalue weighted by molar-refractivity contribution is 5.92. The van der Waals surface area contributed by atoms with Gasteiger partial charge in [0.25, 0.3) is 0 Å². The monoisotopic (exact) mass is 546 g/mol. The van der Waals surface area contributed by atoms with Gasteiger partial charge in [-0.1, -0.05) is 114 Å². The molecule has 214 valence electrons. The van der Waals surface area contributed by atoms with E-state index in [1.165, 1.54) is 83.0 Å². The number of rotatable bonds is 10. The SMILES string of the molecule is C=C(CCCCCCCC)C1(C)c2cc(C)ccc2-c2c(-c3nnc(-c4ccc(C(C)(C)C)cc4)o3)cc(C)cc21. The van der Waals surface area contributed by atoms with E-state index in [1.54, 1.807) is 0 Å². The first-order chi connectivity index (χ1) is 19.5. The Morgan fingerprint density at radius 2 is 1.44 bits per heavy atom. The molecule has 5 rings (SSSR count). The van der Waals surface area contributed by atoms with Crippen molar-refractivity contribution in [2.45, 2.75) is 104 Å². The number of hydrogen-bond donors (Lipinski definition) is 0. The maximum atomic E-state index is 6.40. The van der Waals surface area contributed by atoms with Gasteiger partial charge in [0.15, 0.2) is 0 Å². The molecule has 3 nitrogen and oxygen atoms in total. The maximum Gasteiger partial charge on any atom is 0.248 e. The number of benzene rings is 3. The molecule has 0 aliphatic heterocycles. The van der Waals surface area contributed by atoms with Gasteiger partial charge in [-0.3, -0.25) is 0 Å². The van der Waals surface area contributed by atoms with E-state index < -0.39 is 0 Å². The van der Waals surface area contributed by atoms with Crippen LogP contribution in [0.25, 0.3) is 34.0 Å². The highest BCUT2D eigenvalue weighted by atomic mass is 16.4. The van der Waals surface area contributed by atoms with Gasteiger partial charge >= 0.3 is 0 Å². The molecule has 1 aliphatic carbocycles. The van der Waals surface area contributed by atoms with Crippen molar-refractivity contribution in [1.29, 1.82) is 0 Å². The molecule has 0 fully saturated rings. The molecule has 1 unspecified atom stereocenters. The fourth-order valence-electron chi connectivity index (χ4n) is 6.39. The predicted molar refractivity (Wildman–Crippen MR) is 172 cm³/mol. The fraction of sp³-hybridized carbons (Fsp3) is 0.421. The summed E-state index contributed by atoms with van der Waals surface area (Å²) in [6.07, 6.45) is 8.75. The third-order valence-corrected chi connectivity index (χ3v) is 9.00. The number of allylic oxidation sites excluding steroid dienone is 1. The Morgan fingerprint density at radius 1 is 0.780 bits per heavy atom. The van der Waals surface area contributed by atoms with Crippen molar-refractivity contribution in [3.8, 4) is 34.0 Å². The highest BCUT2D eigenvalue weighted by Gasteiger charge is 2.43. The minimum Gasteiger partial charge on any atom is -0.416 e. The van der Waals surface area contributed by atoms with E-state index in [0.717, 1.165) is 17.5 Å². The third kappa shape index (κ3) is 5.56. The Hall–Kier alpha value is -3.46. The number of unbranched alkanes of at least 4 members (excludes halogenated alkanes) is 5. The van der Waals surface area contributed by atoms with Gasteiger partial charge in [0.1, 0.15) is 0 Å². The van der Waals surface area contributed by atoms with E-state index in [2.05, 4.69) is 113 Å². The molecule has 0 bridgehead atoms. The lowest BCUT2D eigenvalue weighted by molar-refractivity contribution is 0.577. The minimum atomic E-state index is -0.257. The Balaban J connectivity index is 1.53. The van der Waals surface area contributed by atoms with Crippen molar-refractivity contribution < 1.29 is 4.42 Å². The van der Waals surface area contributed by atoms with Crippen molar-refractivity contribution in [2.75, 3.05) is 0 Å². The summed E-state index contributed by atoms with van der Waals surface area (Å²) < 4.78 is 6.40.